The molecule has 0 aromatic heterocycles. The first kappa shape index (κ1) is 83.6. The molecule has 0 spiro atoms. The highest BCUT2D eigenvalue weighted by atomic mass is 31.2. The highest BCUT2D eigenvalue weighted by molar-refractivity contribution is 7.47. The van der Waals surface area contributed by atoms with E-state index in [-0.39, 0.29) is 32.6 Å². The Morgan fingerprint density at radius 1 is 0.337 bits per heavy atom. The Morgan fingerprint density at radius 2 is 0.584 bits per heavy atom. The molecular weight excluding hydrogens is 1120 g/mol. The van der Waals surface area contributed by atoms with Crippen LogP contribution in [-0.4, -0.2) is 49.3 Å². The number of phosphoric acid groups is 1. The van der Waals surface area contributed by atoms with Crippen molar-refractivity contribution in [2.45, 2.75) is 251 Å². The minimum atomic E-state index is -4.42. The molecule has 0 saturated carbocycles. The minimum absolute atomic E-state index is 0.0388. The summed E-state index contributed by atoms with van der Waals surface area (Å²) in [5.74, 6) is -0.865. The molecule has 0 saturated heterocycles. The quantitative estimate of drug-likeness (QED) is 0.0264. The first-order valence-electron chi connectivity index (χ1n) is 34.6. The highest BCUT2D eigenvalue weighted by Gasteiger charge is 2.26. The van der Waals surface area contributed by atoms with Crippen molar-refractivity contribution in [2.75, 3.05) is 26.4 Å². The van der Waals surface area contributed by atoms with E-state index >= 15 is 0 Å². The smallest absolute Gasteiger partial charge is 0.462 e. The fourth-order valence-electron chi connectivity index (χ4n) is 8.64. The fraction of sp³-hybridized carbons (Fsp3) is 0.544. The molecule has 10 heteroatoms. The van der Waals surface area contributed by atoms with Crippen LogP contribution in [-0.2, 0) is 32.7 Å². The van der Waals surface area contributed by atoms with E-state index in [1.807, 2.05) is 0 Å². The summed E-state index contributed by atoms with van der Waals surface area (Å²) in [6, 6.07) is 0. The summed E-state index contributed by atoms with van der Waals surface area (Å²) in [6.45, 7) is 3.47. The number of esters is 2. The number of nitrogens with two attached hydrogens (primary N) is 1. The predicted octanol–water partition coefficient (Wildman–Crippen LogP) is 23.1. The monoisotopic (exact) mass is 1250 g/mol. The van der Waals surface area contributed by atoms with Gasteiger partial charge in [0.05, 0.1) is 13.2 Å². The van der Waals surface area contributed by atoms with E-state index in [2.05, 4.69) is 220 Å². The lowest BCUT2D eigenvalue weighted by molar-refractivity contribution is -0.161. The first-order valence-corrected chi connectivity index (χ1v) is 36.1. The van der Waals surface area contributed by atoms with Crippen LogP contribution >= 0.6 is 7.82 Å². The van der Waals surface area contributed by atoms with Gasteiger partial charge in [0.1, 0.15) is 6.61 Å². The molecule has 0 amide bonds. The molecule has 0 rings (SSSR count). The average Bonchev–Trinajstić information content (AvgIpc) is 3.66. The Hall–Kier alpha value is -5.41. The Kier molecular flexibility index (Phi) is 67.3. The largest absolute Gasteiger partial charge is 0.472 e. The van der Waals surface area contributed by atoms with Gasteiger partial charge in [-0.3, -0.25) is 18.6 Å². The van der Waals surface area contributed by atoms with E-state index in [1.54, 1.807) is 0 Å². The van der Waals surface area contributed by atoms with Crippen LogP contribution in [0, 0.1) is 0 Å². The number of ether oxygens (including phenoxy) is 2. The average molecular weight is 1250 g/mol. The van der Waals surface area contributed by atoms with Crippen molar-refractivity contribution in [1.29, 1.82) is 0 Å². The Morgan fingerprint density at radius 3 is 0.865 bits per heavy atom. The second-order valence-electron chi connectivity index (χ2n) is 21.9. The minimum Gasteiger partial charge on any atom is -0.462 e. The topological polar surface area (TPSA) is 134 Å². The summed E-state index contributed by atoms with van der Waals surface area (Å²) in [6.07, 6.45) is 110. The third-order valence-corrected chi connectivity index (χ3v) is 14.6. The van der Waals surface area contributed by atoms with Crippen LogP contribution in [0.4, 0.5) is 0 Å². The van der Waals surface area contributed by atoms with Crippen LogP contribution in [0.3, 0.4) is 0 Å². The van der Waals surface area contributed by atoms with E-state index in [9.17, 15) is 19.0 Å². The van der Waals surface area contributed by atoms with Crippen LogP contribution in [0.15, 0.2) is 207 Å². The van der Waals surface area contributed by atoms with Crippen molar-refractivity contribution in [2.24, 2.45) is 5.73 Å². The lowest BCUT2D eigenvalue weighted by Gasteiger charge is -2.19. The molecule has 0 fully saturated rings. The van der Waals surface area contributed by atoms with Crippen molar-refractivity contribution in [3.8, 4) is 0 Å². The summed E-state index contributed by atoms with van der Waals surface area (Å²) in [7, 11) is -4.42. The number of allylic oxidation sites excluding steroid dienone is 34. The van der Waals surface area contributed by atoms with E-state index in [1.165, 1.54) is 38.5 Å². The van der Waals surface area contributed by atoms with Crippen LogP contribution in [0.25, 0.3) is 0 Å². The Labute approximate surface area is 544 Å². The van der Waals surface area contributed by atoms with Gasteiger partial charge >= 0.3 is 19.8 Å². The lowest BCUT2D eigenvalue weighted by atomic mass is 10.1. The van der Waals surface area contributed by atoms with E-state index in [0.717, 1.165) is 167 Å². The number of unbranched alkanes of at least 4 members (excludes halogenated alkanes) is 15. The second kappa shape index (κ2) is 71.7. The van der Waals surface area contributed by atoms with Crippen molar-refractivity contribution >= 4 is 19.8 Å². The van der Waals surface area contributed by atoms with Gasteiger partial charge in [0.15, 0.2) is 6.10 Å². The van der Waals surface area contributed by atoms with Crippen LogP contribution in [0.5, 0.6) is 0 Å². The van der Waals surface area contributed by atoms with Crippen molar-refractivity contribution in [1.82, 2.24) is 0 Å². The standard InChI is InChI=1S/C79H124NO8P/c1-3-5-7-9-11-13-15-17-19-21-23-25-27-29-31-33-35-37-38-40-42-44-46-48-50-52-54-56-58-60-62-64-66-68-70-72-79(82)88-77(76-87-89(83,84)86-74-73-80)75-85-78(81)71-69-67-65-63-61-59-57-55-53-51-49-47-45-43-41-39-36-34-32-30-28-26-24-22-20-18-16-14-12-10-8-6-4-2/h5-8,11-14,17-20,23-26,29-32,35-37,39-40,42-43,45-46,48-49,51-52,54,77H,3-4,9-10,15-16,21-22,27-28,33-34,38,41,44,47,50,53,55-76,80H2,1-2H3,(H,83,84)/b7-5-,8-6-,13-11-,14-12-,19-17-,20-18-,25-23-,26-24-,31-29-,32-30-,37-35-,39-36-,42-40-,45-43-,48-46-,51-49-,54-52-. The molecule has 498 valence electrons. The van der Waals surface area contributed by atoms with Gasteiger partial charge in [-0.05, 0) is 148 Å². The molecule has 2 atom stereocenters. The van der Waals surface area contributed by atoms with Gasteiger partial charge in [-0.25, -0.2) is 4.57 Å². The van der Waals surface area contributed by atoms with Gasteiger partial charge in [0.2, 0.25) is 0 Å². The number of phosphoric ester groups is 1. The molecule has 0 heterocycles. The van der Waals surface area contributed by atoms with E-state index < -0.39 is 32.5 Å². The summed E-state index contributed by atoms with van der Waals surface area (Å²) in [5.41, 5.74) is 5.40. The maximum Gasteiger partial charge on any atom is 0.472 e. The summed E-state index contributed by atoms with van der Waals surface area (Å²) in [4.78, 5) is 35.4. The lowest BCUT2D eigenvalue weighted by Crippen LogP contribution is -2.29. The zero-order valence-corrected chi connectivity index (χ0v) is 56.7. The van der Waals surface area contributed by atoms with E-state index in [0.29, 0.717) is 12.8 Å². The van der Waals surface area contributed by atoms with Gasteiger partial charge in [0, 0.05) is 19.4 Å². The molecular formula is C79H124NO8P. The fourth-order valence-corrected chi connectivity index (χ4v) is 9.41. The van der Waals surface area contributed by atoms with Crippen molar-refractivity contribution in [3.63, 3.8) is 0 Å². The maximum atomic E-state index is 12.8. The molecule has 0 aromatic carbocycles. The molecule has 0 radical (unpaired) electrons. The Balaban J connectivity index is 4.05. The van der Waals surface area contributed by atoms with Crippen LogP contribution in [0.2, 0.25) is 0 Å². The normalized spacial score (nSPS) is 14.2. The third kappa shape index (κ3) is 71.5. The number of carbonyl (C=O) groups is 2. The SMILES string of the molecule is CC/C=C\C/C=C\C/C=C\C/C=C\C/C=C\C/C=C\C/C=C\C/C=C\C/C=C\CCCCCCCCCC(=O)OC(COC(=O)CCCCCCCCCC/C=C\C/C=C\C/C=C\C/C=C\C/C=C\C/C=C\C/C=C\C/C=C\CC)COP(=O)(O)OCCN. The summed E-state index contributed by atoms with van der Waals surface area (Å²) in [5, 5.41) is 0. The van der Waals surface area contributed by atoms with Gasteiger partial charge in [-0.1, -0.05) is 291 Å². The zero-order chi connectivity index (χ0) is 64.4. The third-order valence-electron chi connectivity index (χ3n) is 13.7. The molecule has 0 aliphatic rings. The van der Waals surface area contributed by atoms with E-state index in [4.69, 9.17) is 24.3 Å². The van der Waals surface area contributed by atoms with Gasteiger partial charge in [-0.15, -0.1) is 0 Å². The predicted molar refractivity (Wildman–Crippen MR) is 385 cm³/mol. The zero-order valence-electron chi connectivity index (χ0n) is 55.8. The van der Waals surface area contributed by atoms with Gasteiger partial charge in [0.25, 0.3) is 0 Å². The number of rotatable bonds is 62. The molecule has 0 aliphatic heterocycles. The molecule has 0 bridgehead atoms. The van der Waals surface area contributed by atoms with Crippen molar-refractivity contribution in [3.05, 3.63) is 207 Å². The molecule has 2 unspecified atom stereocenters. The number of carbonyl (C=O) groups excluding carboxylic acids is 2. The molecule has 0 aliphatic carbocycles. The Bertz CT molecular complexity index is 2210. The summed E-state index contributed by atoms with van der Waals surface area (Å²) >= 11 is 0. The second-order valence-corrected chi connectivity index (χ2v) is 23.4. The maximum absolute atomic E-state index is 12.8. The highest BCUT2D eigenvalue weighted by Crippen LogP contribution is 2.43. The number of hydrogen-bond acceptors (Lipinski definition) is 8. The summed E-state index contributed by atoms with van der Waals surface area (Å²) < 4.78 is 33.1. The van der Waals surface area contributed by atoms with Gasteiger partial charge < -0.3 is 20.1 Å². The van der Waals surface area contributed by atoms with Crippen LogP contribution in [0.1, 0.15) is 245 Å². The van der Waals surface area contributed by atoms with Crippen LogP contribution < -0.4 is 5.73 Å². The first-order chi connectivity index (χ1) is 43.8. The van der Waals surface area contributed by atoms with Crippen molar-refractivity contribution < 1.29 is 37.6 Å². The number of hydrogen-bond donors (Lipinski definition) is 2. The molecule has 0 aromatic rings. The molecule has 3 N–H and O–H groups in total. The molecule has 89 heavy (non-hydrogen) atoms. The molecule has 9 nitrogen and oxygen atoms in total. The van der Waals surface area contributed by atoms with Gasteiger partial charge in [-0.2, -0.15) is 0 Å².